The molecule has 30 heavy (non-hydrogen) atoms. The van der Waals surface area contributed by atoms with Crippen LogP contribution in [0, 0.1) is 6.92 Å². The van der Waals surface area contributed by atoms with Gasteiger partial charge in [0.15, 0.2) is 0 Å². The van der Waals surface area contributed by atoms with Gasteiger partial charge < -0.3 is 0 Å². The van der Waals surface area contributed by atoms with E-state index in [4.69, 9.17) is 0 Å². The van der Waals surface area contributed by atoms with Crippen LogP contribution in [0.5, 0.6) is 0 Å². The molecule has 1 unspecified atom stereocenters. The molecule has 0 spiro atoms. The van der Waals surface area contributed by atoms with Crippen LogP contribution in [0.15, 0.2) is 77.8 Å². The molecule has 1 aliphatic rings. The van der Waals surface area contributed by atoms with Crippen molar-refractivity contribution in [1.82, 2.24) is 4.31 Å². The summed E-state index contributed by atoms with van der Waals surface area (Å²) in [6.45, 7) is 8.50. The monoisotopic (exact) mass is 423 g/mol. The number of hydrogen-bond donors (Lipinski definition) is 0. The minimum absolute atomic E-state index is 0.224. The van der Waals surface area contributed by atoms with Gasteiger partial charge in [0.2, 0.25) is 0 Å². The van der Waals surface area contributed by atoms with Crippen LogP contribution in [0.2, 0.25) is 0 Å². The Labute approximate surface area is 182 Å². The van der Waals surface area contributed by atoms with Crippen molar-refractivity contribution < 1.29 is 8.42 Å². The lowest BCUT2D eigenvalue weighted by atomic mass is 9.94. The highest BCUT2D eigenvalue weighted by Crippen LogP contribution is 2.39. The summed E-state index contributed by atoms with van der Waals surface area (Å²) in [5.74, 6) is 0. The third-order valence-corrected chi connectivity index (χ3v) is 7.61. The second-order valence-corrected chi connectivity index (χ2v) is 10.00. The van der Waals surface area contributed by atoms with Crippen LogP contribution < -0.4 is 0 Å². The Morgan fingerprint density at radius 3 is 2.20 bits per heavy atom. The van der Waals surface area contributed by atoms with E-state index >= 15 is 0 Å². The van der Waals surface area contributed by atoms with Gasteiger partial charge in [-0.1, -0.05) is 100 Å². The molecule has 1 aliphatic heterocycles. The molecule has 4 heteroatoms. The minimum Gasteiger partial charge on any atom is -0.265 e. The summed E-state index contributed by atoms with van der Waals surface area (Å²) in [6, 6.07) is 16.8. The Kier molecular flexibility index (Phi) is 7.54. The van der Waals surface area contributed by atoms with Crippen LogP contribution >= 0.6 is 0 Å². The van der Waals surface area contributed by atoms with E-state index in [-0.39, 0.29) is 6.04 Å². The zero-order valence-electron chi connectivity index (χ0n) is 18.2. The van der Waals surface area contributed by atoms with Crippen LogP contribution in [0.25, 0.3) is 5.57 Å². The van der Waals surface area contributed by atoms with E-state index in [1.807, 2.05) is 49.4 Å². The number of unbranched alkanes of at least 4 members (excludes halogenated alkanes) is 5. The van der Waals surface area contributed by atoms with E-state index in [2.05, 4.69) is 13.5 Å². The predicted molar refractivity (Wildman–Crippen MR) is 126 cm³/mol. The van der Waals surface area contributed by atoms with Crippen molar-refractivity contribution in [2.45, 2.75) is 69.7 Å². The Bertz CT molecular complexity index is 975. The maximum absolute atomic E-state index is 13.5. The first kappa shape index (κ1) is 22.4. The van der Waals surface area contributed by atoms with Crippen molar-refractivity contribution in [3.8, 4) is 0 Å². The molecule has 160 valence electrons. The molecule has 2 aromatic rings. The van der Waals surface area contributed by atoms with Crippen LogP contribution in [-0.4, -0.2) is 18.8 Å². The molecule has 3 nitrogen and oxygen atoms in total. The van der Waals surface area contributed by atoms with Gasteiger partial charge in [0, 0.05) is 11.8 Å². The third-order valence-electron chi connectivity index (χ3n) is 5.82. The summed E-state index contributed by atoms with van der Waals surface area (Å²) in [5.41, 5.74) is 3.87. The highest BCUT2D eigenvalue weighted by molar-refractivity contribution is 7.89. The number of benzene rings is 2. The molecule has 0 amide bonds. The Morgan fingerprint density at radius 2 is 1.53 bits per heavy atom. The van der Waals surface area contributed by atoms with Gasteiger partial charge in [0.25, 0.3) is 10.0 Å². The van der Waals surface area contributed by atoms with Gasteiger partial charge >= 0.3 is 0 Å². The molecule has 0 radical (unpaired) electrons. The van der Waals surface area contributed by atoms with Gasteiger partial charge in [0.1, 0.15) is 0 Å². The molecule has 1 atom stereocenters. The summed E-state index contributed by atoms with van der Waals surface area (Å²) in [4.78, 5) is 0.333. The van der Waals surface area contributed by atoms with Crippen molar-refractivity contribution in [2.75, 3.05) is 0 Å². The fourth-order valence-electron chi connectivity index (χ4n) is 4.00. The lowest BCUT2D eigenvalue weighted by Gasteiger charge is -2.26. The van der Waals surface area contributed by atoms with E-state index in [1.54, 1.807) is 22.6 Å². The van der Waals surface area contributed by atoms with E-state index in [1.165, 1.54) is 25.7 Å². The van der Waals surface area contributed by atoms with E-state index in [9.17, 15) is 8.42 Å². The van der Waals surface area contributed by atoms with E-state index in [0.29, 0.717) is 4.90 Å². The lowest BCUT2D eigenvalue weighted by molar-refractivity contribution is 0.421. The van der Waals surface area contributed by atoms with Crippen molar-refractivity contribution in [1.29, 1.82) is 0 Å². The van der Waals surface area contributed by atoms with E-state index in [0.717, 1.165) is 41.5 Å². The summed E-state index contributed by atoms with van der Waals surface area (Å²) < 4.78 is 28.5. The minimum atomic E-state index is -3.63. The summed E-state index contributed by atoms with van der Waals surface area (Å²) in [7, 11) is -3.63. The molecule has 3 rings (SSSR count). The van der Waals surface area contributed by atoms with Crippen LogP contribution in [0.3, 0.4) is 0 Å². The number of hydrogen-bond acceptors (Lipinski definition) is 2. The average molecular weight is 424 g/mol. The van der Waals surface area contributed by atoms with Crippen LogP contribution in [0.1, 0.15) is 63.0 Å². The standard InChI is InChI=1S/C26H33NO2S/c1-4-5-6-7-8-12-15-26-22(3)25(23-13-10-9-11-14-23)20-27(26)30(28,29)24-18-16-21(2)17-19-24/h9-11,13-14,16-20,26H,3-8,12,15H2,1-2H3. The van der Waals surface area contributed by atoms with Gasteiger partial charge in [-0.2, -0.15) is 0 Å². The first-order chi connectivity index (χ1) is 14.4. The molecular weight excluding hydrogens is 390 g/mol. The molecule has 2 aromatic carbocycles. The Balaban J connectivity index is 1.85. The maximum Gasteiger partial charge on any atom is 0.264 e. The first-order valence-corrected chi connectivity index (χ1v) is 12.5. The second-order valence-electron chi connectivity index (χ2n) is 8.15. The third kappa shape index (κ3) is 5.04. The molecule has 0 N–H and O–H groups in total. The molecule has 0 saturated carbocycles. The molecule has 1 heterocycles. The molecule has 0 saturated heterocycles. The molecule has 0 aromatic heterocycles. The van der Waals surface area contributed by atoms with Crippen molar-refractivity contribution in [3.63, 3.8) is 0 Å². The van der Waals surface area contributed by atoms with Crippen molar-refractivity contribution in [3.05, 3.63) is 84.1 Å². The second kappa shape index (κ2) is 10.1. The summed E-state index contributed by atoms with van der Waals surface area (Å²) in [5, 5.41) is 0. The van der Waals surface area contributed by atoms with Gasteiger partial charge in [-0.25, -0.2) is 8.42 Å². The normalized spacial score (nSPS) is 16.7. The molecular formula is C26H33NO2S. The van der Waals surface area contributed by atoms with Crippen molar-refractivity contribution in [2.24, 2.45) is 0 Å². The number of sulfonamides is 1. The number of aryl methyl sites for hydroxylation is 1. The smallest absolute Gasteiger partial charge is 0.264 e. The number of nitrogens with zero attached hydrogens (tertiary/aromatic N) is 1. The Hall–Kier alpha value is -2.33. The van der Waals surface area contributed by atoms with Gasteiger partial charge in [-0.3, -0.25) is 4.31 Å². The van der Waals surface area contributed by atoms with Crippen LogP contribution in [0.4, 0.5) is 0 Å². The predicted octanol–water partition coefficient (Wildman–Crippen LogP) is 6.72. The van der Waals surface area contributed by atoms with Gasteiger partial charge in [0.05, 0.1) is 10.9 Å². The quantitative estimate of drug-likeness (QED) is 0.398. The lowest BCUT2D eigenvalue weighted by Crippen LogP contribution is -2.33. The number of rotatable bonds is 10. The fourth-order valence-corrected chi connectivity index (χ4v) is 5.53. The first-order valence-electron chi connectivity index (χ1n) is 11.0. The van der Waals surface area contributed by atoms with Gasteiger partial charge in [-0.15, -0.1) is 0 Å². The Morgan fingerprint density at radius 1 is 0.900 bits per heavy atom. The largest absolute Gasteiger partial charge is 0.265 e. The highest BCUT2D eigenvalue weighted by Gasteiger charge is 2.36. The van der Waals surface area contributed by atoms with Gasteiger partial charge in [-0.05, 0) is 36.6 Å². The van der Waals surface area contributed by atoms with Crippen molar-refractivity contribution >= 4 is 15.6 Å². The molecule has 0 fully saturated rings. The summed E-state index contributed by atoms with van der Waals surface area (Å²) >= 11 is 0. The zero-order chi connectivity index (χ0) is 21.6. The van der Waals surface area contributed by atoms with E-state index < -0.39 is 10.0 Å². The summed E-state index contributed by atoms with van der Waals surface area (Å²) in [6.07, 6.45) is 9.66. The average Bonchev–Trinajstić information content (AvgIpc) is 3.08. The molecule has 0 aliphatic carbocycles. The fraction of sp³-hybridized carbons (Fsp3) is 0.385. The SMILES string of the molecule is C=C1C(c2ccccc2)=CN(S(=O)(=O)c2ccc(C)cc2)C1CCCCCCCC. The maximum atomic E-state index is 13.5. The topological polar surface area (TPSA) is 37.4 Å². The zero-order valence-corrected chi connectivity index (χ0v) is 19.0. The highest BCUT2D eigenvalue weighted by atomic mass is 32.2. The molecule has 0 bridgehead atoms. The van der Waals surface area contributed by atoms with Crippen LogP contribution in [-0.2, 0) is 10.0 Å².